The number of carbonyl (C=O) groups excluding carboxylic acids is 1. The minimum absolute atomic E-state index is 0. The summed E-state index contributed by atoms with van der Waals surface area (Å²) in [6.07, 6.45) is 2.08. The lowest BCUT2D eigenvalue weighted by atomic mass is 10.1. The predicted octanol–water partition coefficient (Wildman–Crippen LogP) is 1.88. The molecule has 8 heteroatoms. The van der Waals surface area contributed by atoms with Gasteiger partial charge >= 0.3 is 0 Å². The fourth-order valence-corrected chi connectivity index (χ4v) is 2.80. The van der Waals surface area contributed by atoms with Crippen molar-refractivity contribution < 1.29 is 14.3 Å². The summed E-state index contributed by atoms with van der Waals surface area (Å²) < 4.78 is 11.0. The molecule has 2 rings (SSSR count). The van der Waals surface area contributed by atoms with Crippen molar-refractivity contribution in [1.82, 2.24) is 15.5 Å². The number of likely N-dealkylation sites (tertiary alicyclic amines) is 1. The average Bonchev–Trinajstić information content (AvgIpc) is 2.67. The number of halogens is 1. The van der Waals surface area contributed by atoms with Crippen LogP contribution in [0.15, 0.2) is 35.3 Å². The maximum absolute atomic E-state index is 11.8. The van der Waals surface area contributed by atoms with E-state index in [9.17, 15) is 4.79 Å². The molecule has 1 amide bonds. The first-order valence-electron chi connectivity index (χ1n) is 9.23. The van der Waals surface area contributed by atoms with E-state index in [1.54, 1.807) is 7.11 Å². The Kier molecular flexibility index (Phi) is 11.8. The molecule has 1 fully saturated rings. The SMILES string of the molecule is CCNC(=NCC(=O)NCCOC)N1CCC(Oc2ccccc2)CC1.I. The predicted molar refractivity (Wildman–Crippen MR) is 118 cm³/mol. The minimum atomic E-state index is -0.0975. The molecule has 1 saturated heterocycles. The third-order valence-corrected chi connectivity index (χ3v) is 4.12. The average molecular weight is 490 g/mol. The van der Waals surface area contributed by atoms with Gasteiger partial charge in [-0.15, -0.1) is 24.0 Å². The van der Waals surface area contributed by atoms with Crippen LogP contribution in [-0.4, -0.2) is 69.3 Å². The van der Waals surface area contributed by atoms with Crippen LogP contribution in [0.2, 0.25) is 0 Å². The molecule has 152 valence electrons. The van der Waals surface area contributed by atoms with Crippen LogP contribution in [0.4, 0.5) is 0 Å². The second kappa shape index (κ2) is 13.6. The van der Waals surface area contributed by atoms with Crippen molar-refractivity contribution in [3.05, 3.63) is 30.3 Å². The van der Waals surface area contributed by atoms with Crippen molar-refractivity contribution in [2.24, 2.45) is 4.99 Å². The van der Waals surface area contributed by atoms with E-state index in [2.05, 4.69) is 20.5 Å². The van der Waals surface area contributed by atoms with Gasteiger partial charge in [0.2, 0.25) is 5.91 Å². The molecule has 0 radical (unpaired) electrons. The van der Waals surface area contributed by atoms with E-state index in [1.165, 1.54) is 0 Å². The van der Waals surface area contributed by atoms with Gasteiger partial charge in [-0.1, -0.05) is 18.2 Å². The van der Waals surface area contributed by atoms with Gasteiger partial charge in [-0.05, 0) is 19.1 Å². The molecule has 1 heterocycles. The molecule has 1 aromatic rings. The van der Waals surface area contributed by atoms with Gasteiger partial charge in [0.05, 0.1) is 6.61 Å². The second-order valence-electron chi connectivity index (χ2n) is 6.13. The summed E-state index contributed by atoms with van der Waals surface area (Å²) in [5.74, 6) is 1.60. The van der Waals surface area contributed by atoms with Crippen molar-refractivity contribution in [1.29, 1.82) is 0 Å². The van der Waals surface area contributed by atoms with E-state index in [-0.39, 0.29) is 42.5 Å². The van der Waals surface area contributed by atoms with Crippen LogP contribution in [0, 0.1) is 0 Å². The van der Waals surface area contributed by atoms with Gasteiger partial charge in [0, 0.05) is 46.1 Å². The number of carbonyl (C=O) groups is 1. The zero-order chi connectivity index (χ0) is 18.6. The maximum Gasteiger partial charge on any atom is 0.241 e. The number of ether oxygens (including phenoxy) is 2. The third kappa shape index (κ3) is 8.79. The maximum atomic E-state index is 11.8. The molecular formula is C19H31IN4O3. The standard InChI is InChI=1S/C19H30N4O3.HI/c1-3-20-19(22-15-18(24)21-11-14-25-2)23-12-9-17(10-13-23)26-16-7-5-4-6-8-16;/h4-8,17H,3,9-15H2,1-2H3,(H,20,22)(H,21,24);1H. The lowest BCUT2D eigenvalue weighted by Crippen LogP contribution is -2.48. The number of para-hydroxylation sites is 1. The van der Waals surface area contributed by atoms with Crippen molar-refractivity contribution >= 4 is 35.8 Å². The lowest BCUT2D eigenvalue weighted by Gasteiger charge is -2.34. The molecule has 2 N–H and O–H groups in total. The number of methoxy groups -OCH3 is 1. The Morgan fingerprint density at radius 3 is 2.56 bits per heavy atom. The molecule has 0 unspecified atom stereocenters. The molecule has 0 aromatic heterocycles. The number of guanidine groups is 1. The molecule has 7 nitrogen and oxygen atoms in total. The Bertz CT molecular complexity index is 563. The van der Waals surface area contributed by atoms with E-state index in [0.29, 0.717) is 13.2 Å². The summed E-state index contributed by atoms with van der Waals surface area (Å²) in [6.45, 7) is 5.63. The minimum Gasteiger partial charge on any atom is -0.490 e. The van der Waals surface area contributed by atoms with E-state index in [0.717, 1.165) is 44.2 Å². The third-order valence-electron chi connectivity index (χ3n) is 4.12. The monoisotopic (exact) mass is 490 g/mol. The Labute approximate surface area is 178 Å². The number of hydrogen-bond acceptors (Lipinski definition) is 4. The van der Waals surface area contributed by atoms with Gasteiger partial charge in [-0.25, -0.2) is 4.99 Å². The molecule has 0 atom stereocenters. The molecule has 0 bridgehead atoms. The van der Waals surface area contributed by atoms with Crippen LogP contribution in [-0.2, 0) is 9.53 Å². The molecule has 1 aliphatic rings. The van der Waals surface area contributed by atoms with Crippen LogP contribution in [0.25, 0.3) is 0 Å². The Balaban J connectivity index is 0.00000364. The molecule has 1 aliphatic heterocycles. The van der Waals surface area contributed by atoms with Gasteiger partial charge in [-0.2, -0.15) is 0 Å². The van der Waals surface area contributed by atoms with Gasteiger partial charge in [0.1, 0.15) is 18.4 Å². The number of benzene rings is 1. The van der Waals surface area contributed by atoms with Crippen molar-refractivity contribution in [3.8, 4) is 5.75 Å². The highest BCUT2D eigenvalue weighted by molar-refractivity contribution is 14.0. The number of piperidine rings is 1. The zero-order valence-corrected chi connectivity index (χ0v) is 18.5. The molecule has 27 heavy (non-hydrogen) atoms. The number of hydrogen-bond donors (Lipinski definition) is 2. The number of nitrogens with one attached hydrogen (secondary N) is 2. The quantitative estimate of drug-likeness (QED) is 0.252. The number of rotatable bonds is 8. The van der Waals surface area contributed by atoms with Gasteiger partial charge in [0.25, 0.3) is 0 Å². The van der Waals surface area contributed by atoms with Crippen LogP contribution >= 0.6 is 24.0 Å². The Hall–Kier alpha value is -1.55. The summed E-state index contributed by atoms with van der Waals surface area (Å²) in [7, 11) is 1.61. The summed E-state index contributed by atoms with van der Waals surface area (Å²) in [4.78, 5) is 18.5. The summed E-state index contributed by atoms with van der Waals surface area (Å²) >= 11 is 0. The number of nitrogens with zero attached hydrogens (tertiary/aromatic N) is 2. The van der Waals surface area contributed by atoms with Crippen molar-refractivity contribution in [2.75, 3.05) is 46.4 Å². The topological polar surface area (TPSA) is 75.2 Å². The first-order chi connectivity index (χ1) is 12.7. The Morgan fingerprint density at radius 1 is 1.22 bits per heavy atom. The van der Waals surface area contributed by atoms with Crippen LogP contribution in [0.3, 0.4) is 0 Å². The highest BCUT2D eigenvalue weighted by Gasteiger charge is 2.22. The summed E-state index contributed by atoms with van der Waals surface area (Å²) in [6, 6.07) is 9.93. The van der Waals surface area contributed by atoms with E-state index in [1.807, 2.05) is 37.3 Å². The molecular weight excluding hydrogens is 459 g/mol. The van der Waals surface area contributed by atoms with Gasteiger partial charge in [0.15, 0.2) is 5.96 Å². The van der Waals surface area contributed by atoms with Crippen LogP contribution in [0.1, 0.15) is 19.8 Å². The van der Waals surface area contributed by atoms with Gasteiger partial charge < -0.3 is 25.0 Å². The highest BCUT2D eigenvalue weighted by Crippen LogP contribution is 2.18. The van der Waals surface area contributed by atoms with Crippen LogP contribution in [0.5, 0.6) is 5.75 Å². The van der Waals surface area contributed by atoms with Crippen molar-refractivity contribution in [2.45, 2.75) is 25.9 Å². The lowest BCUT2D eigenvalue weighted by molar-refractivity contribution is -0.119. The molecule has 0 saturated carbocycles. The van der Waals surface area contributed by atoms with E-state index in [4.69, 9.17) is 9.47 Å². The number of amides is 1. The fraction of sp³-hybridized carbons (Fsp3) is 0.579. The van der Waals surface area contributed by atoms with E-state index >= 15 is 0 Å². The van der Waals surface area contributed by atoms with Crippen molar-refractivity contribution in [3.63, 3.8) is 0 Å². The highest BCUT2D eigenvalue weighted by atomic mass is 127. The number of aliphatic imine (C=N–C) groups is 1. The van der Waals surface area contributed by atoms with Crippen LogP contribution < -0.4 is 15.4 Å². The summed E-state index contributed by atoms with van der Waals surface area (Å²) in [5, 5.41) is 6.05. The smallest absolute Gasteiger partial charge is 0.241 e. The second-order valence-corrected chi connectivity index (χ2v) is 6.13. The summed E-state index contributed by atoms with van der Waals surface area (Å²) in [5.41, 5.74) is 0. The van der Waals surface area contributed by atoms with Gasteiger partial charge in [-0.3, -0.25) is 4.79 Å². The zero-order valence-electron chi connectivity index (χ0n) is 16.1. The largest absolute Gasteiger partial charge is 0.490 e. The first kappa shape index (κ1) is 23.5. The molecule has 0 spiro atoms. The molecule has 0 aliphatic carbocycles. The van der Waals surface area contributed by atoms with E-state index < -0.39 is 0 Å². The molecule has 1 aromatic carbocycles. The fourth-order valence-electron chi connectivity index (χ4n) is 2.80. The first-order valence-corrected chi connectivity index (χ1v) is 9.23. The normalized spacial score (nSPS) is 15.0. The Morgan fingerprint density at radius 2 is 1.93 bits per heavy atom.